The minimum absolute atomic E-state index is 0.00741. The first-order valence-electron chi connectivity index (χ1n) is 10.6. The van der Waals surface area contributed by atoms with Gasteiger partial charge in [0.25, 0.3) is 0 Å². The molecule has 1 aliphatic rings. The number of fused-ring (bicyclic) bond motifs is 1. The lowest BCUT2D eigenvalue weighted by Crippen LogP contribution is -2.41. The largest absolute Gasteiger partial charge is 0.486 e. The number of nitrogens with zero attached hydrogens (tertiary/aromatic N) is 2. The number of rotatable bonds is 9. The van der Waals surface area contributed by atoms with Gasteiger partial charge in [0.05, 0.1) is 18.4 Å². The van der Waals surface area contributed by atoms with Crippen molar-refractivity contribution in [2.24, 2.45) is 0 Å². The second-order valence-corrected chi connectivity index (χ2v) is 7.57. The van der Waals surface area contributed by atoms with Crippen molar-refractivity contribution in [2.45, 2.75) is 25.5 Å². The average Bonchev–Trinajstić information content (AvgIpc) is 3.28. The zero-order chi connectivity index (χ0) is 23.0. The highest BCUT2D eigenvalue weighted by Gasteiger charge is 2.21. The second kappa shape index (κ2) is 10.4. The third-order valence-corrected chi connectivity index (χ3v) is 4.99. The van der Waals surface area contributed by atoms with E-state index in [9.17, 15) is 14.4 Å². The van der Waals surface area contributed by atoms with Gasteiger partial charge in [-0.1, -0.05) is 42.5 Å². The third-order valence-electron chi connectivity index (χ3n) is 4.99. The number of ether oxygens (including phenoxy) is 2. The molecule has 4 rings (SSSR count). The molecule has 0 spiro atoms. The third kappa shape index (κ3) is 6.19. The van der Waals surface area contributed by atoms with Gasteiger partial charge in [0, 0.05) is 24.6 Å². The van der Waals surface area contributed by atoms with E-state index in [0.29, 0.717) is 35.9 Å². The van der Waals surface area contributed by atoms with Crippen LogP contribution in [0.1, 0.15) is 23.2 Å². The molecule has 0 fully saturated rings. The van der Waals surface area contributed by atoms with Gasteiger partial charge in [0.15, 0.2) is 17.3 Å². The van der Waals surface area contributed by atoms with E-state index in [4.69, 9.17) is 9.47 Å². The molecule has 2 amide bonds. The van der Waals surface area contributed by atoms with Crippen LogP contribution in [0, 0.1) is 0 Å². The molecule has 1 aromatic heterocycles. The summed E-state index contributed by atoms with van der Waals surface area (Å²) in [6.07, 6.45) is 2.91. The quantitative estimate of drug-likeness (QED) is 0.487. The predicted molar refractivity (Wildman–Crippen MR) is 120 cm³/mol. The molecule has 1 aliphatic heterocycles. The van der Waals surface area contributed by atoms with Crippen molar-refractivity contribution in [3.05, 3.63) is 72.6 Å². The number of para-hydroxylation sites is 2. The number of benzene rings is 2. The molecule has 1 atom stereocenters. The molecule has 2 heterocycles. The summed E-state index contributed by atoms with van der Waals surface area (Å²) in [4.78, 5) is 36.5. The summed E-state index contributed by atoms with van der Waals surface area (Å²) in [7, 11) is 0. The minimum atomic E-state index is -0.294. The summed E-state index contributed by atoms with van der Waals surface area (Å²) in [5.74, 6) is 0.718. The van der Waals surface area contributed by atoms with E-state index in [0.717, 1.165) is 0 Å². The molecule has 33 heavy (non-hydrogen) atoms. The van der Waals surface area contributed by atoms with Crippen molar-refractivity contribution in [3.63, 3.8) is 0 Å². The number of ketones is 1. The van der Waals surface area contributed by atoms with Crippen LogP contribution in [-0.2, 0) is 16.1 Å². The van der Waals surface area contributed by atoms with Crippen LogP contribution in [0.15, 0.2) is 67.0 Å². The van der Waals surface area contributed by atoms with Gasteiger partial charge in [-0.25, -0.2) is 0 Å². The van der Waals surface area contributed by atoms with Crippen molar-refractivity contribution < 1.29 is 23.9 Å². The molecule has 1 unspecified atom stereocenters. The SMILES string of the molecule is O=C(Cn1cc(NC(=O)CCC(=O)c2ccccc2)cn1)NCC1COc2ccccc2O1. The average molecular weight is 448 g/mol. The Morgan fingerprint density at radius 1 is 0.970 bits per heavy atom. The normalized spacial score (nSPS) is 14.4. The number of hydrogen-bond donors (Lipinski definition) is 2. The fourth-order valence-corrected chi connectivity index (χ4v) is 3.33. The monoisotopic (exact) mass is 448 g/mol. The Hall–Kier alpha value is -4.14. The maximum absolute atomic E-state index is 12.3. The van der Waals surface area contributed by atoms with E-state index in [1.807, 2.05) is 30.3 Å². The highest BCUT2D eigenvalue weighted by atomic mass is 16.6. The fourth-order valence-electron chi connectivity index (χ4n) is 3.33. The Kier molecular flexibility index (Phi) is 6.99. The van der Waals surface area contributed by atoms with Crippen LogP contribution in [0.2, 0.25) is 0 Å². The van der Waals surface area contributed by atoms with E-state index in [1.165, 1.54) is 10.9 Å². The number of hydrogen-bond acceptors (Lipinski definition) is 6. The van der Waals surface area contributed by atoms with Crippen molar-refractivity contribution in [3.8, 4) is 11.5 Å². The predicted octanol–water partition coefficient (Wildman–Crippen LogP) is 2.44. The molecule has 2 aromatic carbocycles. The van der Waals surface area contributed by atoms with E-state index in [2.05, 4.69) is 15.7 Å². The fraction of sp³-hybridized carbons (Fsp3) is 0.250. The Morgan fingerprint density at radius 2 is 1.73 bits per heavy atom. The number of nitrogens with one attached hydrogen (secondary N) is 2. The second-order valence-electron chi connectivity index (χ2n) is 7.57. The van der Waals surface area contributed by atoms with Crippen LogP contribution in [-0.4, -0.2) is 46.6 Å². The van der Waals surface area contributed by atoms with Gasteiger partial charge in [-0.05, 0) is 12.1 Å². The lowest BCUT2D eigenvalue weighted by molar-refractivity contribution is -0.122. The van der Waals surface area contributed by atoms with Crippen LogP contribution < -0.4 is 20.1 Å². The molecule has 3 aromatic rings. The van der Waals surface area contributed by atoms with Gasteiger partial charge in [-0.2, -0.15) is 5.10 Å². The molecule has 0 saturated heterocycles. The van der Waals surface area contributed by atoms with Gasteiger partial charge >= 0.3 is 0 Å². The molecule has 0 saturated carbocycles. The molecule has 0 bridgehead atoms. The van der Waals surface area contributed by atoms with E-state index in [1.54, 1.807) is 30.5 Å². The first-order valence-corrected chi connectivity index (χ1v) is 10.6. The Labute approximate surface area is 190 Å². The standard InChI is InChI=1S/C24H24N4O5/c29-20(17-6-2-1-3-7-17)10-11-23(30)27-18-12-26-28(14-18)15-24(31)25-13-19-16-32-21-8-4-5-9-22(21)33-19/h1-9,12,14,19H,10-11,13,15-16H2,(H,25,31)(H,27,30). The summed E-state index contributed by atoms with van der Waals surface area (Å²) in [6.45, 7) is 0.641. The van der Waals surface area contributed by atoms with Gasteiger partial charge in [0.1, 0.15) is 19.3 Å². The minimum Gasteiger partial charge on any atom is -0.486 e. The van der Waals surface area contributed by atoms with E-state index >= 15 is 0 Å². The molecule has 9 heteroatoms. The summed E-state index contributed by atoms with van der Waals surface area (Å²) in [5.41, 5.74) is 1.04. The number of Topliss-reactive ketones (excluding diaryl/α,β-unsaturated/α-hetero) is 1. The zero-order valence-electron chi connectivity index (χ0n) is 17.9. The first kappa shape index (κ1) is 22.1. The Balaban J connectivity index is 1.18. The summed E-state index contributed by atoms with van der Waals surface area (Å²) < 4.78 is 12.9. The molecule has 0 radical (unpaired) electrons. The van der Waals surface area contributed by atoms with Gasteiger partial charge in [-0.3, -0.25) is 19.1 Å². The van der Waals surface area contributed by atoms with Crippen LogP contribution in [0.4, 0.5) is 5.69 Å². The molecule has 2 N–H and O–H groups in total. The number of anilines is 1. The number of carbonyl (C=O) groups excluding carboxylic acids is 3. The van der Waals surface area contributed by atoms with Crippen LogP contribution in [0.5, 0.6) is 11.5 Å². The Morgan fingerprint density at radius 3 is 2.55 bits per heavy atom. The summed E-state index contributed by atoms with van der Waals surface area (Å²) >= 11 is 0. The van der Waals surface area contributed by atoms with Crippen LogP contribution in [0.3, 0.4) is 0 Å². The summed E-state index contributed by atoms with van der Waals surface area (Å²) in [5, 5.41) is 9.59. The molecular weight excluding hydrogens is 424 g/mol. The lowest BCUT2D eigenvalue weighted by atomic mass is 10.1. The molecule has 0 aliphatic carbocycles. The van der Waals surface area contributed by atoms with Crippen LogP contribution in [0.25, 0.3) is 0 Å². The molecular formula is C24H24N4O5. The summed E-state index contributed by atoms with van der Waals surface area (Å²) in [6, 6.07) is 16.2. The van der Waals surface area contributed by atoms with Crippen molar-refractivity contribution in [1.29, 1.82) is 0 Å². The number of carbonyl (C=O) groups is 3. The topological polar surface area (TPSA) is 112 Å². The maximum Gasteiger partial charge on any atom is 0.241 e. The van der Waals surface area contributed by atoms with E-state index < -0.39 is 0 Å². The van der Waals surface area contributed by atoms with Gasteiger partial charge < -0.3 is 20.1 Å². The Bertz CT molecular complexity index is 1130. The highest BCUT2D eigenvalue weighted by Crippen LogP contribution is 2.30. The maximum atomic E-state index is 12.3. The van der Waals surface area contributed by atoms with Crippen molar-refractivity contribution in [2.75, 3.05) is 18.5 Å². The number of amides is 2. The molecule has 170 valence electrons. The zero-order valence-corrected chi connectivity index (χ0v) is 17.9. The lowest BCUT2D eigenvalue weighted by Gasteiger charge is -2.26. The van der Waals surface area contributed by atoms with Gasteiger partial charge in [0.2, 0.25) is 11.8 Å². The van der Waals surface area contributed by atoms with Crippen molar-refractivity contribution >= 4 is 23.3 Å². The number of aromatic nitrogens is 2. The first-order chi connectivity index (χ1) is 16.1. The molecule has 9 nitrogen and oxygen atoms in total. The smallest absolute Gasteiger partial charge is 0.241 e. The van der Waals surface area contributed by atoms with Gasteiger partial charge in [-0.15, -0.1) is 0 Å². The van der Waals surface area contributed by atoms with Crippen LogP contribution >= 0.6 is 0 Å². The van der Waals surface area contributed by atoms with Crippen molar-refractivity contribution in [1.82, 2.24) is 15.1 Å². The highest BCUT2D eigenvalue weighted by molar-refractivity contribution is 5.99. The van der Waals surface area contributed by atoms with E-state index in [-0.39, 0.29) is 43.1 Å².